The van der Waals surface area contributed by atoms with Crippen LogP contribution in [0, 0.1) is 5.41 Å². The van der Waals surface area contributed by atoms with Crippen molar-refractivity contribution in [3.8, 4) is 11.5 Å². The molecular weight excluding hydrogens is 348 g/mol. The maximum atomic E-state index is 10.4. The van der Waals surface area contributed by atoms with Crippen molar-refractivity contribution >= 4 is 34.9 Å². The summed E-state index contributed by atoms with van der Waals surface area (Å²) in [6, 6.07) is 3.09. The summed E-state index contributed by atoms with van der Waals surface area (Å²) in [4.78, 5) is 31.0. The highest BCUT2D eigenvalue weighted by Crippen LogP contribution is 2.25. The first-order valence-electron chi connectivity index (χ1n) is 6.68. The molecule has 1 aliphatic rings. The van der Waals surface area contributed by atoms with Crippen molar-refractivity contribution in [2.24, 2.45) is 5.73 Å². The lowest BCUT2D eigenvalue weighted by atomic mass is 10.1. The predicted octanol–water partition coefficient (Wildman–Crippen LogP) is 0.971. The number of benzene rings is 1. The van der Waals surface area contributed by atoms with Gasteiger partial charge in [0.05, 0.1) is 5.16 Å². The first-order chi connectivity index (χ1) is 11.7. The molecule has 1 unspecified atom stereocenters. The van der Waals surface area contributed by atoms with Crippen LogP contribution in [0.2, 0.25) is 0 Å². The smallest absolute Gasteiger partial charge is 0.320 e. The number of nitrogens with two attached hydrogens (primary N) is 1. The number of phenols is 2. The van der Waals surface area contributed by atoms with Gasteiger partial charge in [0.25, 0.3) is 0 Å². The number of carbonyl (C=O) groups is 3. The normalized spacial score (nSPS) is 12.8. The predicted molar refractivity (Wildman–Crippen MR) is 92.7 cm³/mol. The number of carboxylic acid groups (broad SMARTS) is 1. The molecule has 8 nitrogen and oxygen atoms in total. The van der Waals surface area contributed by atoms with E-state index >= 15 is 0 Å². The molecular formula is C16H16N2O6S. The van der Waals surface area contributed by atoms with Crippen LogP contribution in [-0.2, 0) is 20.8 Å². The second-order valence-electron chi connectivity index (χ2n) is 4.55. The molecule has 1 aromatic carbocycles. The molecule has 1 aliphatic carbocycles. The highest BCUT2D eigenvalue weighted by atomic mass is 32.1. The monoisotopic (exact) mass is 364 g/mol. The summed E-state index contributed by atoms with van der Waals surface area (Å²) in [6.45, 7) is 0. The first-order valence-corrected chi connectivity index (χ1v) is 7.09. The van der Waals surface area contributed by atoms with Gasteiger partial charge in [-0.05, 0) is 60.6 Å². The Kier molecular flexibility index (Phi) is 9.98. The number of carboxylic acids is 1. The topological polar surface area (TPSA) is 162 Å². The average molecular weight is 364 g/mol. The molecule has 0 heterocycles. The molecule has 0 fully saturated rings. The van der Waals surface area contributed by atoms with Gasteiger partial charge in [0.1, 0.15) is 6.04 Å². The molecule has 9 heteroatoms. The van der Waals surface area contributed by atoms with E-state index in [2.05, 4.69) is 12.2 Å². The second-order valence-corrected chi connectivity index (χ2v) is 4.75. The molecule has 6 N–H and O–H groups in total. The molecule has 0 amide bonds. The van der Waals surface area contributed by atoms with Gasteiger partial charge in [0.15, 0.2) is 23.1 Å². The number of phenolic OH excluding ortho intramolecular Hbond substituents is 2. The number of ketones is 2. The fourth-order valence-electron chi connectivity index (χ4n) is 1.48. The number of nitrogens with one attached hydrogen (secondary N) is 1. The van der Waals surface area contributed by atoms with Gasteiger partial charge < -0.3 is 21.1 Å². The van der Waals surface area contributed by atoms with Crippen molar-refractivity contribution < 1.29 is 29.7 Å². The standard InChI is InChI=1S/C9H11NO4.C6H4O2.CHNS/c10-6(9(13)14)3-5-1-2-7(11)8(12)4-5;7-5-1-2-6(8)4-3-5;2-1-3/h1-2,4,6,11-12H,3,10H2,(H,13,14);1-4H;2H. The average Bonchev–Trinajstić information content (AvgIpc) is 2.55. The summed E-state index contributed by atoms with van der Waals surface area (Å²) in [5, 5.41) is 34.0. The Balaban J connectivity index is 0.000000440. The molecule has 1 aromatic rings. The maximum Gasteiger partial charge on any atom is 0.320 e. The molecule has 0 saturated heterocycles. The molecule has 0 aromatic heterocycles. The van der Waals surface area contributed by atoms with E-state index < -0.39 is 12.0 Å². The minimum absolute atomic E-state index is 0.114. The molecule has 0 radical (unpaired) electrons. The van der Waals surface area contributed by atoms with Gasteiger partial charge in [-0.15, -0.1) is 0 Å². The van der Waals surface area contributed by atoms with E-state index in [1.807, 2.05) is 0 Å². The minimum Gasteiger partial charge on any atom is -0.504 e. The SMILES string of the molecule is N=C=S.NC(Cc1ccc(O)c(O)c1)C(=O)O.O=C1C=CC(=O)C=C1. The lowest BCUT2D eigenvalue weighted by Gasteiger charge is -2.06. The molecule has 132 valence electrons. The van der Waals surface area contributed by atoms with Crippen LogP contribution in [0.5, 0.6) is 11.5 Å². The highest BCUT2D eigenvalue weighted by Gasteiger charge is 2.12. The number of allylic oxidation sites excluding steroid dienone is 4. The molecule has 1 atom stereocenters. The number of aliphatic carboxylic acids is 1. The van der Waals surface area contributed by atoms with Crippen molar-refractivity contribution in [2.45, 2.75) is 12.5 Å². The fourth-order valence-corrected chi connectivity index (χ4v) is 1.48. The highest BCUT2D eigenvalue weighted by molar-refractivity contribution is 7.78. The van der Waals surface area contributed by atoms with Crippen LogP contribution in [0.1, 0.15) is 5.56 Å². The lowest BCUT2D eigenvalue weighted by molar-refractivity contribution is -0.138. The van der Waals surface area contributed by atoms with E-state index in [4.69, 9.17) is 26.5 Å². The van der Waals surface area contributed by atoms with Gasteiger partial charge in [0.2, 0.25) is 0 Å². The molecule has 0 saturated carbocycles. The molecule has 2 rings (SSSR count). The van der Waals surface area contributed by atoms with Crippen LogP contribution in [0.25, 0.3) is 0 Å². The van der Waals surface area contributed by atoms with Crippen LogP contribution in [-0.4, -0.2) is 44.1 Å². The Morgan fingerprint density at radius 3 is 1.92 bits per heavy atom. The number of hydrogen-bond donors (Lipinski definition) is 5. The Morgan fingerprint density at radius 1 is 1.12 bits per heavy atom. The molecule has 0 bridgehead atoms. The van der Waals surface area contributed by atoms with Gasteiger partial charge in [-0.3, -0.25) is 14.4 Å². The van der Waals surface area contributed by atoms with Crippen molar-refractivity contribution in [1.82, 2.24) is 0 Å². The first kappa shape index (κ1) is 21.9. The Labute approximate surface area is 148 Å². The number of rotatable bonds is 3. The van der Waals surface area contributed by atoms with E-state index in [1.165, 1.54) is 42.5 Å². The van der Waals surface area contributed by atoms with Gasteiger partial charge in [-0.1, -0.05) is 6.07 Å². The van der Waals surface area contributed by atoms with Crippen LogP contribution < -0.4 is 5.73 Å². The zero-order chi connectivity index (χ0) is 19.4. The van der Waals surface area contributed by atoms with Crippen molar-refractivity contribution in [2.75, 3.05) is 0 Å². The van der Waals surface area contributed by atoms with Gasteiger partial charge >= 0.3 is 5.97 Å². The number of isothiocyanates is 1. The third-order valence-electron chi connectivity index (χ3n) is 2.64. The van der Waals surface area contributed by atoms with Crippen LogP contribution >= 0.6 is 12.2 Å². The van der Waals surface area contributed by atoms with Gasteiger partial charge in [0, 0.05) is 0 Å². The third-order valence-corrected chi connectivity index (χ3v) is 2.64. The number of aromatic hydroxyl groups is 2. The zero-order valence-corrected chi connectivity index (χ0v) is 13.7. The molecule has 0 aliphatic heterocycles. The van der Waals surface area contributed by atoms with E-state index in [0.717, 1.165) is 0 Å². The molecule has 25 heavy (non-hydrogen) atoms. The van der Waals surface area contributed by atoms with E-state index in [9.17, 15) is 14.4 Å². The zero-order valence-electron chi connectivity index (χ0n) is 12.9. The van der Waals surface area contributed by atoms with Crippen LogP contribution in [0.15, 0.2) is 42.5 Å². The summed E-state index contributed by atoms with van der Waals surface area (Å²) < 4.78 is 0. The van der Waals surface area contributed by atoms with Crippen molar-refractivity contribution in [3.05, 3.63) is 48.1 Å². The summed E-state index contributed by atoms with van der Waals surface area (Å²) in [7, 11) is 0. The fraction of sp³-hybridized carbons (Fsp3) is 0.125. The van der Waals surface area contributed by atoms with E-state index in [1.54, 1.807) is 5.16 Å². The molecule has 0 spiro atoms. The summed E-state index contributed by atoms with van der Waals surface area (Å²) in [5.41, 5.74) is 5.86. The maximum absolute atomic E-state index is 10.4. The Hall–Kier alpha value is -3.13. The second kappa shape index (κ2) is 11.4. The minimum atomic E-state index is -1.10. The summed E-state index contributed by atoms with van der Waals surface area (Å²) in [5.74, 6) is -1.86. The van der Waals surface area contributed by atoms with Gasteiger partial charge in [-0.25, -0.2) is 5.41 Å². The summed E-state index contributed by atoms with van der Waals surface area (Å²) >= 11 is 3.81. The Bertz CT molecular complexity index is 698. The largest absolute Gasteiger partial charge is 0.504 e. The van der Waals surface area contributed by atoms with Crippen molar-refractivity contribution in [3.63, 3.8) is 0 Å². The van der Waals surface area contributed by atoms with Crippen LogP contribution in [0.3, 0.4) is 0 Å². The third kappa shape index (κ3) is 9.57. The van der Waals surface area contributed by atoms with Crippen LogP contribution in [0.4, 0.5) is 0 Å². The Morgan fingerprint density at radius 2 is 1.56 bits per heavy atom. The summed E-state index contributed by atoms with van der Waals surface area (Å²) in [6.07, 6.45) is 5.12. The number of hydrogen-bond acceptors (Lipinski definition) is 8. The number of carbonyl (C=O) groups excluding carboxylic acids is 2. The van der Waals surface area contributed by atoms with Crippen molar-refractivity contribution in [1.29, 1.82) is 5.41 Å². The quantitative estimate of drug-likeness (QED) is 0.229. The van der Waals surface area contributed by atoms with E-state index in [0.29, 0.717) is 5.56 Å². The van der Waals surface area contributed by atoms with E-state index in [-0.39, 0.29) is 29.5 Å². The lowest BCUT2D eigenvalue weighted by Crippen LogP contribution is -2.32. The van der Waals surface area contributed by atoms with Gasteiger partial charge in [-0.2, -0.15) is 0 Å². The number of thiocarbonyl (C=S) groups is 1.